The van der Waals surface area contributed by atoms with Crippen molar-refractivity contribution in [1.82, 2.24) is 19.4 Å². The van der Waals surface area contributed by atoms with E-state index in [0.29, 0.717) is 37.2 Å². The van der Waals surface area contributed by atoms with Gasteiger partial charge in [0.15, 0.2) is 0 Å². The monoisotopic (exact) mass is 458 g/mol. The SMILES string of the molecule is Cc1nn(-c2ccccc2)c(Cl)c1C(=O)N1CCC(NS(=O)(=O)c2ccccc2)CC1. The molecule has 1 aliphatic heterocycles. The molecule has 1 fully saturated rings. The summed E-state index contributed by atoms with van der Waals surface area (Å²) in [6.45, 7) is 2.64. The van der Waals surface area contributed by atoms with Gasteiger partial charge in [0.1, 0.15) is 5.15 Å². The van der Waals surface area contributed by atoms with Crippen LogP contribution in [0.3, 0.4) is 0 Å². The fourth-order valence-electron chi connectivity index (χ4n) is 3.73. The number of halogens is 1. The molecule has 0 radical (unpaired) electrons. The summed E-state index contributed by atoms with van der Waals surface area (Å²) >= 11 is 6.52. The highest BCUT2D eigenvalue weighted by molar-refractivity contribution is 7.89. The van der Waals surface area contributed by atoms with Crippen molar-refractivity contribution in [1.29, 1.82) is 0 Å². The fourth-order valence-corrected chi connectivity index (χ4v) is 5.41. The molecule has 1 aliphatic rings. The summed E-state index contributed by atoms with van der Waals surface area (Å²) in [5.74, 6) is -0.186. The summed E-state index contributed by atoms with van der Waals surface area (Å²) < 4.78 is 29.4. The van der Waals surface area contributed by atoms with Crippen LogP contribution in [0.1, 0.15) is 28.9 Å². The maximum atomic E-state index is 13.1. The molecule has 0 unspecified atom stereocenters. The van der Waals surface area contributed by atoms with Crippen molar-refractivity contribution in [2.24, 2.45) is 0 Å². The molecule has 0 spiro atoms. The number of hydrogen-bond acceptors (Lipinski definition) is 4. The highest BCUT2D eigenvalue weighted by Gasteiger charge is 2.30. The molecule has 0 saturated carbocycles. The lowest BCUT2D eigenvalue weighted by Gasteiger charge is -2.32. The van der Waals surface area contributed by atoms with E-state index in [1.807, 2.05) is 30.3 Å². The van der Waals surface area contributed by atoms with E-state index in [-0.39, 0.29) is 22.0 Å². The predicted octanol–water partition coefficient (Wildman–Crippen LogP) is 3.42. The van der Waals surface area contributed by atoms with Gasteiger partial charge in [-0.25, -0.2) is 17.8 Å². The zero-order chi connectivity index (χ0) is 22.0. The number of aromatic nitrogens is 2. The van der Waals surface area contributed by atoms with Crippen LogP contribution in [0.2, 0.25) is 5.15 Å². The average Bonchev–Trinajstić information content (AvgIpc) is 3.08. The summed E-state index contributed by atoms with van der Waals surface area (Å²) in [5.41, 5.74) is 1.73. The number of aryl methyl sites for hydroxylation is 1. The van der Waals surface area contributed by atoms with Gasteiger partial charge in [-0.3, -0.25) is 4.79 Å². The lowest BCUT2D eigenvalue weighted by atomic mass is 10.1. The van der Waals surface area contributed by atoms with E-state index < -0.39 is 10.0 Å². The number of sulfonamides is 1. The number of nitrogens with zero attached hydrogens (tertiary/aromatic N) is 3. The Bertz CT molecular complexity index is 1170. The average molecular weight is 459 g/mol. The maximum absolute atomic E-state index is 13.1. The third-order valence-corrected chi connectivity index (χ3v) is 7.26. The summed E-state index contributed by atoms with van der Waals surface area (Å²) in [4.78, 5) is 15.1. The molecule has 1 amide bonds. The second kappa shape index (κ2) is 8.82. The van der Waals surface area contributed by atoms with Crippen molar-refractivity contribution < 1.29 is 13.2 Å². The van der Waals surface area contributed by atoms with Crippen molar-refractivity contribution >= 4 is 27.5 Å². The molecule has 1 aromatic heterocycles. The molecule has 2 aromatic carbocycles. The van der Waals surface area contributed by atoms with Crippen LogP contribution >= 0.6 is 11.6 Å². The Hall–Kier alpha value is -2.68. The highest BCUT2D eigenvalue weighted by atomic mass is 35.5. The van der Waals surface area contributed by atoms with Gasteiger partial charge in [-0.05, 0) is 44.0 Å². The number of nitrogens with one attached hydrogen (secondary N) is 1. The van der Waals surface area contributed by atoms with E-state index in [0.717, 1.165) is 5.69 Å². The molecule has 2 heterocycles. The Kier molecular flexibility index (Phi) is 6.13. The molecule has 7 nitrogen and oxygen atoms in total. The summed E-state index contributed by atoms with van der Waals surface area (Å²) in [6, 6.07) is 17.5. The van der Waals surface area contributed by atoms with E-state index in [4.69, 9.17) is 11.6 Å². The molecule has 162 valence electrons. The third kappa shape index (κ3) is 4.51. The standard InChI is InChI=1S/C22H23ClN4O3S/c1-16-20(21(23)27(24-16)18-8-4-2-5-9-18)22(28)26-14-12-17(13-15-26)25-31(29,30)19-10-6-3-7-11-19/h2-11,17,25H,12-15H2,1H3. The number of carbonyl (C=O) groups is 1. The number of para-hydroxylation sites is 1. The first-order valence-corrected chi connectivity index (χ1v) is 11.9. The fraction of sp³-hybridized carbons (Fsp3) is 0.273. The minimum absolute atomic E-state index is 0.186. The summed E-state index contributed by atoms with van der Waals surface area (Å²) in [6.07, 6.45) is 1.06. The van der Waals surface area contributed by atoms with Crippen LogP contribution in [-0.4, -0.2) is 48.1 Å². The Morgan fingerprint density at radius 1 is 1.03 bits per heavy atom. The number of hydrogen-bond donors (Lipinski definition) is 1. The molecule has 9 heteroatoms. The topological polar surface area (TPSA) is 84.3 Å². The minimum atomic E-state index is -3.58. The van der Waals surface area contributed by atoms with Crippen LogP contribution in [0.4, 0.5) is 0 Å². The second-order valence-corrected chi connectivity index (χ2v) is 9.57. The first kappa shape index (κ1) is 21.5. The van der Waals surface area contributed by atoms with Crippen molar-refractivity contribution in [3.8, 4) is 5.69 Å². The lowest BCUT2D eigenvalue weighted by Crippen LogP contribution is -2.46. The summed E-state index contributed by atoms with van der Waals surface area (Å²) in [5, 5.41) is 4.72. The second-order valence-electron chi connectivity index (χ2n) is 7.50. The van der Waals surface area contributed by atoms with Gasteiger partial charge in [-0.2, -0.15) is 5.10 Å². The molecule has 31 heavy (non-hydrogen) atoms. The molecule has 1 saturated heterocycles. The number of rotatable bonds is 5. The Labute approximate surface area is 186 Å². The highest BCUT2D eigenvalue weighted by Crippen LogP contribution is 2.26. The van der Waals surface area contributed by atoms with E-state index in [1.165, 1.54) is 0 Å². The van der Waals surface area contributed by atoms with Crippen LogP contribution in [0.15, 0.2) is 65.6 Å². The zero-order valence-corrected chi connectivity index (χ0v) is 18.6. The normalized spacial score (nSPS) is 15.2. The molecule has 1 N–H and O–H groups in total. The van der Waals surface area contributed by atoms with Crippen LogP contribution < -0.4 is 4.72 Å². The van der Waals surface area contributed by atoms with Gasteiger partial charge in [0.2, 0.25) is 10.0 Å². The van der Waals surface area contributed by atoms with E-state index in [2.05, 4.69) is 9.82 Å². The van der Waals surface area contributed by atoms with E-state index in [9.17, 15) is 13.2 Å². The van der Waals surface area contributed by atoms with Gasteiger partial charge >= 0.3 is 0 Å². The maximum Gasteiger partial charge on any atom is 0.258 e. The van der Waals surface area contributed by atoms with Crippen molar-refractivity contribution in [2.75, 3.05) is 13.1 Å². The number of piperidine rings is 1. The zero-order valence-electron chi connectivity index (χ0n) is 17.0. The molecule has 0 aliphatic carbocycles. The van der Waals surface area contributed by atoms with Crippen LogP contribution in [0.5, 0.6) is 0 Å². The minimum Gasteiger partial charge on any atom is -0.338 e. The van der Waals surface area contributed by atoms with Crippen LogP contribution in [0.25, 0.3) is 5.69 Å². The largest absolute Gasteiger partial charge is 0.338 e. The first-order valence-electron chi connectivity index (χ1n) is 10.0. The molecule has 3 aromatic rings. The van der Waals surface area contributed by atoms with Gasteiger partial charge < -0.3 is 4.90 Å². The van der Waals surface area contributed by atoms with Crippen molar-refractivity contribution in [3.63, 3.8) is 0 Å². The number of benzene rings is 2. The smallest absolute Gasteiger partial charge is 0.258 e. The molecular weight excluding hydrogens is 436 g/mol. The van der Waals surface area contributed by atoms with Crippen molar-refractivity contribution in [2.45, 2.75) is 30.7 Å². The Balaban J connectivity index is 1.44. The Morgan fingerprint density at radius 3 is 2.23 bits per heavy atom. The summed E-state index contributed by atoms with van der Waals surface area (Å²) in [7, 11) is -3.58. The van der Waals surface area contributed by atoms with Gasteiger partial charge in [0.05, 0.1) is 21.8 Å². The lowest BCUT2D eigenvalue weighted by molar-refractivity contribution is 0.0711. The predicted molar refractivity (Wildman–Crippen MR) is 119 cm³/mol. The van der Waals surface area contributed by atoms with Gasteiger partial charge in [0.25, 0.3) is 5.91 Å². The number of amides is 1. The van der Waals surface area contributed by atoms with E-state index >= 15 is 0 Å². The molecule has 4 rings (SSSR count). The van der Waals surface area contributed by atoms with Gasteiger partial charge in [-0.1, -0.05) is 48.0 Å². The molecule has 0 atom stereocenters. The van der Waals surface area contributed by atoms with E-state index in [1.54, 1.807) is 46.8 Å². The van der Waals surface area contributed by atoms with Crippen molar-refractivity contribution in [3.05, 3.63) is 77.1 Å². The number of carbonyl (C=O) groups excluding carboxylic acids is 1. The quantitative estimate of drug-likeness (QED) is 0.635. The van der Waals surface area contributed by atoms with Gasteiger partial charge in [-0.15, -0.1) is 0 Å². The molecule has 0 bridgehead atoms. The van der Waals surface area contributed by atoms with Crippen LogP contribution in [-0.2, 0) is 10.0 Å². The third-order valence-electron chi connectivity index (χ3n) is 5.38. The first-order chi connectivity index (χ1) is 14.9. The van der Waals surface area contributed by atoms with Crippen LogP contribution in [0, 0.1) is 6.92 Å². The number of likely N-dealkylation sites (tertiary alicyclic amines) is 1. The molecular formula is C22H23ClN4O3S. The Morgan fingerprint density at radius 2 is 1.61 bits per heavy atom. The van der Waals surface area contributed by atoms with Gasteiger partial charge in [0, 0.05) is 19.1 Å².